The van der Waals surface area contributed by atoms with Crippen LogP contribution in [0.25, 0.3) is 0 Å². The molecule has 0 aliphatic carbocycles. The average molecular weight is 168 g/mol. The van der Waals surface area contributed by atoms with Crippen molar-refractivity contribution in [2.24, 2.45) is 0 Å². The van der Waals surface area contributed by atoms with Crippen molar-refractivity contribution < 1.29 is 9.90 Å². The van der Waals surface area contributed by atoms with Gasteiger partial charge in [-0.2, -0.15) is 0 Å². The number of thioether (sulfide) groups is 1. The number of hydrogen-bond donors (Lipinski definition) is 1. The molecule has 1 aromatic carbocycles. The fraction of sp³-hybridized carbons (Fsp3) is 0.125. The van der Waals surface area contributed by atoms with Gasteiger partial charge >= 0.3 is 0 Å². The second kappa shape index (κ2) is 4.16. The molecule has 0 radical (unpaired) electrons. The van der Waals surface area contributed by atoms with E-state index in [1.807, 2.05) is 6.07 Å². The number of hydrogen-bond acceptors (Lipinski definition) is 3. The first-order chi connectivity index (χ1) is 5.34. The van der Waals surface area contributed by atoms with Gasteiger partial charge in [0.05, 0.1) is 5.94 Å². The lowest BCUT2D eigenvalue weighted by molar-refractivity contribution is 0.108. The molecule has 3 heteroatoms. The zero-order valence-electron chi connectivity index (χ0n) is 5.86. The Bertz CT molecular complexity index is 233. The molecule has 0 atom stereocenters. The van der Waals surface area contributed by atoms with Gasteiger partial charge in [-0.15, -0.1) is 0 Å². The molecule has 1 rings (SSSR count). The van der Waals surface area contributed by atoms with E-state index in [2.05, 4.69) is 0 Å². The van der Waals surface area contributed by atoms with Crippen LogP contribution in [0, 0.1) is 0 Å². The normalized spacial score (nSPS) is 9.55. The largest absolute Gasteiger partial charge is 0.385 e. The quantitative estimate of drug-likeness (QED) is 0.680. The van der Waals surface area contributed by atoms with Gasteiger partial charge in [-0.25, -0.2) is 0 Å². The molecule has 0 fully saturated rings. The van der Waals surface area contributed by atoms with Crippen LogP contribution in [0.1, 0.15) is 10.4 Å². The first-order valence-electron chi connectivity index (χ1n) is 3.17. The molecule has 0 amide bonds. The van der Waals surface area contributed by atoms with Gasteiger partial charge in [0.25, 0.3) is 0 Å². The lowest BCUT2D eigenvalue weighted by Crippen LogP contribution is -1.93. The van der Waals surface area contributed by atoms with E-state index in [1.165, 1.54) is 0 Å². The number of carbonyl (C=O) groups is 1. The molecule has 0 aliphatic rings. The van der Waals surface area contributed by atoms with Crippen molar-refractivity contribution in [1.82, 2.24) is 0 Å². The molecule has 0 spiro atoms. The molecule has 0 bridgehead atoms. The zero-order chi connectivity index (χ0) is 8.10. The summed E-state index contributed by atoms with van der Waals surface area (Å²) in [6, 6.07) is 8.90. The zero-order valence-corrected chi connectivity index (χ0v) is 6.67. The van der Waals surface area contributed by atoms with E-state index in [-0.39, 0.29) is 11.1 Å². The summed E-state index contributed by atoms with van der Waals surface area (Å²) in [5.74, 6) is -0.159. The fourth-order valence-corrected chi connectivity index (χ4v) is 1.14. The topological polar surface area (TPSA) is 37.3 Å². The number of rotatable bonds is 2. The van der Waals surface area contributed by atoms with Crippen molar-refractivity contribution in [1.29, 1.82) is 0 Å². The number of carbonyl (C=O) groups excluding carboxylic acids is 1. The van der Waals surface area contributed by atoms with Crippen LogP contribution in [-0.2, 0) is 0 Å². The lowest BCUT2D eigenvalue weighted by Gasteiger charge is -1.95. The Kier molecular flexibility index (Phi) is 3.14. The predicted octanol–water partition coefficient (Wildman–Crippen LogP) is 1.51. The molecule has 1 N–H and O–H groups in total. The second-order valence-electron chi connectivity index (χ2n) is 1.93. The number of aliphatic hydroxyl groups excluding tert-OH is 1. The summed E-state index contributed by atoms with van der Waals surface area (Å²) in [6.45, 7) is 0. The van der Waals surface area contributed by atoms with Crippen LogP contribution in [0.2, 0.25) is 0 Å². The van der Waals surface area contributed by atoms with E-state index >= 15 is 0 Å². The van der Waals surface area contributed by atoms with Crippen molar-refractivity contribution in [2.45, 2.75) is 0 Å². The van der Waals surface area contributed by atoms with E-state index in [9.17, 15) is 4.79 Å². The average Bonchev–Trinajstić information content (AvgIpc) is 2.07. The Hall–Kier alpha value is -0.800. The van der Waals surface area contributed by atoms with Gasteiger partial charge in [0.15, 0.2) is 0 Å². The summed E-state index contributed by atoms with van der Waals surface area (Å²) >= 11 is 0.901. The van der Waals surface area contributed by atoms with Crippen LogP contribution in [0.4, 0.5) is 0 Å². The third-order valence-electron chi connectivity index (χ3n) is 1.21. The third kappa shape index (κ3) is 2.37. The molecule has 58 valence electrons. The van der Waals surface area contributed by atoms with Gasteiger partial charge in [0.1, 0.15) is 0 Å². The summed E-state index contributed by atoms with van der Waals surface area (Å²) in [5, 5.41) is 8.35. The summed E-state index contributed by atoms with van der Waals surface area (Å²) in [5.41, 5.74) is 0.631. The van der Waals surface area contributed by atoms with Crippen LogP contribution in [-0.4, -0.2) is 16.2 Å². The monoisotopic (exact) mass is 168 g/mol. The van der Waals surface area contributed by atoms with Gasteiger partial charge in [0, 0.05) is 5.56 Å². The summed E-state index contributed by atoms with van der Waals surface area (Å²) in [6.07, 6.45) is 0. The fourth-order valence-electron chi connectivity index (χ4n) is 0.716. The Balaban J connectivity index is 2.69. The molecule has 0 heterocycles. The van der Waals surface area contributed by atoms with Gasteiger partial charge < -0.3 is 5.11 Å². The smallest absolute Gasteiger partial charge is 0.221 e. The van der Waals surface area contributed by atoms with Crippen molar-refractivity contribution in [3.8, 4) is 0 Å². The Morgan fingerprint density at radius 3 is 2.55 bits per heavy atom. The minimum atomic E-state index is -0.159. The maximum atomic E-state index is 11.0. The van der Waals surface area contributed by atoms with Gasteiger partial charge in [-0.05, 0) is 0 Å². The van der Waals surface area contributed by atoms with Crippen molar-refractivity contribution in [2.75, 3.05) is 5.94 Å². The van der Waals surface area contributed by atoms with Crippen molar-refractivity contribution >= 4 is 16.9 Å². The number of aliphatic hydroxyl groups is 1. The minimum Gasteiger partial charge on any atom is -0.385 e. The van der Waals surface area contributed by atoms with Crippen LogP contribution >= 0.6 is 11.8 Å². The second-order valence-corrected chi connectivity index (χ2v) is 2.84. The molecule has 11 heavy (non-hydrogen) atoms. The highest BCUT2D eigenvalue weighted by Crippen LogP contribution is 2.09. The molecule has 1 aromatic rings. The van der Waals surface area contributed by atoms with Gasteiger partial charge in [0.2, 0.25) is 5.12 Å². The highest BCUT2D eigenvalue weighted by atomic mass is 32.2. The van der Waals surface area contributed by atoms with Crippen LogP contribution < -0.4 is 0 Å². The van der Waals surface area contributed by atoms with E-state index in [0.717, 1.165) is 11.8 Å². The van der Waals surface area contributed by atoms with Crippen LogP contribution in [0.3, 0.4) is 0 Å². The van der Waals surface area contributed by atoms with Gasteiger partial charge in [-0.1, -0.05) is 42.1 Å². The molecular formula is C8H8O2S. The predicted molar refractivity (Wildman–Crippen MR) is 45.4 cm³/mol. The molecule has 0 unspecified atom stereocenters. The third-order valence-corrected chi connectivity index (χ3v) is 1.83. The number of benzene rings is 1. The van der Waals surface area contributed by atoms with E-state index in [1.54, 1.807) is 24.3 Å². The summed E-state index contributed by atoms with van der Waals surface area (Å²) in [7, 11) is 0. The van der Waals surface area contributed by atoms with Crippen molar-refractivity contribution in [3.05, 3.63) is 35.9 Å². The lowest BCUT2D eigenvalue weighted by atomic mass is 10.2. The Morgan fingerprint density at radius 2 is 2.00 bits per heavy atom. The Labute approximate surface area is 69.2 Å². The van der Waals surface area contributed by atoms with E-state index < -0.39 is 0 Å². The minimum absolute atomic E-state index is 0.0897. The maximum absolute atomic E-state index is 11.0. The van der Waals surface area contributed by atoms with Crippen LogP contribution in [0.15, 0.2) is 30.3 Å². The molecular weight excluding hydrogens is 160 g/mol. The molecule has 0 aliphatic heterocycles. The highest BCUT2D eigenvalue weighted by molar-refractivity contribution is 8.14. The molecule has 0 saturated carbocycles. The standard InChI is InChI=1S/C8H8O2S/c9-6-11-8(10)7-4-2-1-3-5-7/h1-5,9H,6H2. The van der Waals surface area contributed by atoms with E-state index in [0.29, 0.717) is 5.56 Å². The van der Waals surface area contributed by atoms with Gasteiger partial charge in [-0.3, -0.25) is 4.79 Å². The maximum Gasteiger partial charge on any atom is 0.221 e. The summed E-state index contributed by atoms with van der Waals surface area (Å²) in [4.78, 5) is 11.0. The van der Waals surface area contributed by atoms with E-state index in [4.69, 9.17) is 5.11 Å². The molecule has 0 saturated heterocycles. The first kappa shape index (κ1) is 8.30. The first-order valence-corrected chi connectivity index (χ1v) is 4.16. The SMILES string of the molecule is O=C(SCO)c1ccccc1. The van der Waals surface area contributed by atoms with Crippen LogP contribution in [0.5, 0.6) is 0 Å². The van der Waals surface area contributed by atoms with Crippen molar-refractivity contribution in [3.63, 3.8) is 0 Å². The molecule has 2 nitrogen and oxygen atoms in total. The Morgan fingerprint density at radius 1 is 1.36 bits per heavy atom. The summed E-state index contributed by atoms with van der Waals surface area (Å²) < 4.78 is 0. The highest BCUT2D eigenvalue weighted by Gasteiger charge is 2.02. The molecule has 0 aromatic heterocycles.